The molecular formula is C21H23F3N4O4. The molecule has 2 aliphatic heterocycles. The molecule has 2 amide bonds. The summed E-state index contributed by atoms with van der Waals surface area (Å²) in [6.45, 7) is 1.40. The number of urea groups is 1. The molecule has 32 heavy (non-hydrogen) atoms. The number of hydrogen-bond donors (Lipinski definition) is 1. The first kappa shape index (κ1) is 21.0. The highest BCUT2D eigenvalue weighted by molar-refractivity contribution is 5.75. The summed E-state index contributed by atoms with van der Waals surface area (Å²) in [6, 6.07) is 5.56. The Morgan fingerprint density at radius 1 is 1.03 bits per heavy atom. The number of hydrogen-bond acceptors (Lipinski definition) is 6. The van der Waals surface area contributed by atoms with Crippen LogP contribution in [0, 0.1) is 0 Å². The van der Waals surface area contributed by atoms with Crippen molar-refractivity contribution in [2.45, 2.75) is 49.5 Å². The van der Waals surface area contributed by atoms with Gasteiger partial charge in [0.1, 0.15) is 5.75 Å². The lowest BCUT2D eigenvalue weighted by atomic mass is 9.84. The van der Waals surface area contributed by atoms with Crippen molar-refractivity contribution in [2.24, 2.45) is 0 Å². The Balaban J connectivity index is 1.36. The van der Waals surface area contributed by atoms with Gasteiger partial charge in [-0.15, -0.1) is 13.2 Å². The number of carbonyl (C=O) groups excluding carboxylic acids is 1. The van der Waals surface area contributed by atoms with Gasteiger partial charge in [-0.25, -0.2) is 4.79 Å². The topological polar surface area (TPSA) is 91.9 Å². The Morgan fingerprint density at radius 2 is 1.69 bits per heavy atom. The van der Waals surface area contributed by atoms with Crippen LogP contribution in [0.5, 0.6) is 5.75 Å². The molecule has 1 aliphatic carbocycles. The van der Waals surface area contributed by atoms with Crippen LogP contribution in [0.15, 0.2) is 28.8 Å². The van der Waals surface area contributed by atoms with Crippen molar-refractivity contribution >= 4 is 6.03 Å². The molecule has 1 saturated carbocycles. The van der Waals surface area contributed by atoms with E-state index >= 15 is 0 Å². The number of benzene rings is 1. The number of piperidine rings is 1. The van der Waals surface area contributed by atoms with Gasteiger partial charge < -0.3 is 24.2 Å². The predicted molar refractivity (Wildman–Crippen MR) is 104 cm³/mol. The number of rotatable bonds is 4. The van der Waals surface area contributed by atoms with E-state index in [1.165, 1.54) is 12.1 Å². The number of likely N-dealkylation sites (tertiary alicyclic amines) is 2. The second-order valence-electron chi connectivity index (χ2n) is 8.76. The summed E-state index contributed by atoms with van der Waals surface area (Å²) in [6.07, 6.45) is -2.55. The van der Waals surface area contributed by atoms with Crippen LogP contribution < -0.4 is 4.74 Å². The standard InChI is InChI=1S/C21H23F3N4O4/c22-21(23,24)31-17-5-3-12(4-6-17)14-7-15(19-25-18(26-32-19)13-1-2-13)9-27(8-14)20(30)28-10-16(29)11-28/h3-6,13-16,29H,1-2,7-11H2. The van der Waals surface area contributed by atoms with Crippen LogP contribution in [-0.4, -0.2) is 69.7 Å². The number of aliphatic hydroxyl groups is 1. The van der Waals surface area contributed by atoms with Gasteiger partial charge in [0.25, 0.3) is 0 Å². The molecule has 1 aromatic carbocycles. The zero-order chi connectivity index (χ0) is 22.5. The van der Waals surface area contributed by atoms with E-state index in [9.17, 15) is 23.1 Å². The minimum atomic E-state index is -4.75. The minimum Gasteiger partial charge on any atom is -0.406 e. The van der Waals surface area contributed by atoms with Crippen molar-refractivity contribution in [3.8, 4) is 5.75 Å². The maximum absolute atomic E-state index is 12.9. The van der Waals surface area contributed by atoms with Crippen LogP contribution in [0.1, 0.15) is 54.3 Å². The number of aromatic nitrogens is 2. The number of carbonyl (C=O) groups is 1. The number of alkyl halides is 3. The second kappa shape index (κ2) is 7.95. The second-order valence-corrected chi connectivity index (χ2v) is 8.76. The number of ether oxygens (including phenoxy) is 1. The Labute approximate surface area is 181 Å². The molecule has 5 rings (SSSR count). The summed E-state index contributed by atoms with van der Waals surface area (Å²) in [5, 5.41) is 13.6. The van der Waals surface area contributed by atoms with Gasteiger partial charge in [-0.05, 0) is 37.0 Å². The highest BCUT2D eigenvalue weighted by atomic mass is 19.4. The average molecular weight is 452 g/mol. The molecule has 11 heteroatoms. The van der Waals surface area contributed by atoms with Crippen molar-refractivity contribution in [3.05, 3.63) is 41.5 Å². The maximum Gasteiger partial charge on any atom is 0.573 e. The van der Waals surface area contributed by atoms with Crippen molar-refractivity contribution in [1.29, 1.82) is 0 Å². The molecule has 2 unspecified atom stereocenters. The van der Waals surface area contributed by atoms with Crippen LogP contribution in [0.3, 0.4) is 0 Å². The third kappa shape index (κ3) is 4.52. The zero-order valence-electron chi connectivity index (χ0n) is 17.2. The van der Waals surface area contributed by atoms with E-state index < -0.39 is 12.5 Å². The number of aliphatic hydroxyl groups excluding tert-OH is 1. The average Bonchev–Trinajstić information content (AvgIpc) is 3.46. The van der Waals surface area contributed by atoms with Crippen molar-refractivity contribution < 1.29 is 32.3 Å². The van der Waals surface area contributed by atoms with Crippen LogP contribution in [0.25, 0.3) is 0 Å². The quantitative estimate of drug-likeness (QED) is 0.766. The maximum atomic E-state index is 12.9. The number of amides is 2. The van der Waals surface area contributed by atoms with Gasteiger partial charge >= 0.3 is 12.4 Å². The smallest absolute Gasteiger partial charge is 0.406 e. The SMILES string of the molecule is O=C(N1CC(O)C1)N1CC(c2ccc(OC(F)(F)F)cc2)CC(c2nc(C3CC3)no2)C1. The molecule has 1 N–H and O–H groups in total. The molecule has 0 bridgehead atoms. The van der Waals surface area contributed by atoms with Crippen LogP contribution >= 0.6 is 0 Å². The molecule has 3 heterocycles. The molecule has 1 aromatic heterocycles. The van der Waals surface area contributed by atoms with Crippen LogP contribution in [0.2, 0.25) is 0 Å². The zero-order valence-corrected chi connectivity index (χ0v) is 17.2. The first-order valence-corrected chi connectivity index (χ1v) is 10.7. The van der Waals surface area contributed by atoms with E-state index in [4.69, 9.17) is 4.52 Å². The van der Waals surface area contributed by atoms with Gasteiger partial charge in [-0.1, -0.05) is 17.3 Å². The predicted octanol–water partition coefficient (Wildman–Crippen LogP) is 3.22. The molecule has 0 spiro atoms. The third-order valence-electron chi connectivity index (χ3n) is 6.19. The molecule has 8 nitrogen and oxygen atoms in total. The summed E-state index contributed by atoms with van der Waals surface area (Å²) in [4.78, 5) is 20.8. The Hall–Kier alpha value is -2.82. The van der Waals surface area contributed by atoms with Gasteiger partial charge in [-0.2, -0.15) is 4.98 Å². The van der Waals surface area contributed by atoms with Crippen molar-refractivity contribution in [3.63, 3.8) is 0 Å². The lowest BCUT2D eigenvalue weighted by Crippen LogP contribution is -2.59. The van der Waals surface area contributed by atoms with E-state index in [2.05, 4.69) is 14.9 Å². The summed E-state index contributed by atoms with van der Waals surface area (Å²) in [7, 11) is 0. The van der Waals surface area contributed by atoms with Crippen molar-refractivity contribution in [1.82, 2.24) is 19.9 Å². The minimum absolute atomic E-state index is 0.125. The van der Waals surface area contributed by atoms with E-state index in [-0.39, 0.29) is 23.6 Å². The van der Waals surface area contributed by atoms with E-state index in [1.807, 2.05) is 0 Å². The van der Waals surface area contributed by atoms with Gasteiger partial charge in [0.05, 0.1) is 25.1 Å². The van der Waals surface area contributed by atoms with Gasteiger partial charge in [-0.3, -0.25) is 0 Å². The van der Waals surface area contributed by atoms with E-state index in [1.54, 1.807) is 21.9 Å². The van der Waals surface area contributed by atoms with Gasteiger partial charge in [0.2, 0.25) is 5.89 Å². The van der Waals surface area contributed by atoms with E-state index in [0.717, 1.165) is 18.4 Å². The largest absolute Gasteiger partial charge is 0.573 e. The van der Waals surface area contributed by atoms with Crippen molar-refractivity contribution in [2.75, 3.05) is 26.2 Å². The molecule has 0 radical (unpaired) electrons. The molecule has 2 saturated heterocycles. The fourth-order valence-electron chi connectivity index (χ4n) is 4.35. The summed E-state index contributed by atoms with van der Waals surface area (Å²) in [5.41, 5.74) is 0.799. The highest BCUT2D eigenvalue weighted by Crippen LogP contribution is 2.41. The van der Waals surface area contributed by atoms with Gasteiger partial charge in [0.15, 0.2) is 5.82 Å². The molecular weight excluding hydrogens is 429 g/mol. The number of halogens is 3. The number of nitrogens with zero attached hydrogens (tertiary/aromatic N) is 4. The lowest BCUT2D eigenvalue weighted by molar-refractivity contribution is -0.274. The molecule has 2 aromatic rings. The summed E-state index contributed by atoms with van der Waals surface area (Å²) >= 11 is 0. The fraction of sp³-hybridized carbons (Fsp3) is 0.571. The summed E-state index contributed by atoms with van der Waals surface area (Å²) in [5.74, 6) is 0.917. The first-order chi connectivity index (χ1) is 15.2. The van der Waals surface area contributed by atoms with Crippen LogP contribution in [-0.2, 0) is 0 Å². The first-order valence-electron chi connectivity index (χ1n) is 10.7. The molecule has 2 atom stereocenters. The molecule has 3 aliphatic rings. The fourth-order valence-corrected chi connectivity index (χ4v) is 4.35. The monoisotopic (exact) mass is 452 g/mol. The van der Waals surface area contributed by atoms with E-state index in [0.29, 0.717) is 50.2 Å². The Bertz CT molecular complexity index is 970. The van der Waals surface area contributed by atoms with Gasteiger partial charge in [0, 0.05) is 24.9 Å². The Kier molecular flexibility index (Phi) is 5.23. The molecule has 172 valence electrons. The summed E-state index contributed by atoms with van der Waals surface area (Å²) < 4.78 is 46.9. The molecule has 3 fully saturated rings. The third-order valence-corrected chi connectivity index (χ3v) is 6.19. The number of β-amino-alcohol motifs (C(OH)–C–C–N with tert-alkyl or cyclic N) is 1. The normalized spacial score (nSPS) is 24.4. The highest BCUT2D eigenvalue weighted by Gasteiger charge is 2.40. The Morgan fingerprint density at radius 3 is 2.31 bits per heavy atom. The van der Waals surface area contributed by atoms with Crippen LogP contribution in [0.4, 0.5) is 18.0 Å². The lowest BCUT2D eigenvalue weighted by Gasteiger charge is -2.43.